The Bertz CT molecular complexity index is 2540. The van der Waals surface area contributed by atoms with Crippen molar-refractivity contribution in [3.05, 3.63) is 145 Å². The molecule has 5 heterocycles. The second kappa shape index (κ2) is 10.2. The quantitative estimate of drug-likeness (QED) is 0.199. The summed E-state index contributed by atoms with van der Waals surface area (Å²) in [5, 5.41) is 9.63. The van der Waals surface area contributed by atoms with Gasteiger partial charge < -0.3 is 4.74 Å². The summed E-state index contributed by atoms with van der Waals surface area (Å²) in [7, 11) is 0. The van der Waals surface area contributed by atoms with Crippen LogP contribution in [0.3, 0.4) is 0 Å². The van der Waals surface area contributed by atoms with Crippen molar-refractivity contribution >= 4 is 43.7 Å². The van der Waals surface area contributed by atoms with E-state index in [0.29, 0.717) is 0 Å². The first-order chi connectivity index (χ1) is 22.7. The highest BCUT2D eigenvalue weighted by Gasteiger charge is 2.21. The molecule has 0 spiro atoms. The van der Waals surface area contributed by atoms with Crippen molar-refractivity contribution in [1.82, 2.24) is 28.9 Å². The van der Waals surface area contributed by atoms with Gasteiger partial charge in [-0.05, 0) is 74.5 Å². The first-order valence-corrected chi connectivity index (χ1v) is 15.3. The maximum absolute atomic E-state index is 6.51. The summed E-state index contributed by atoms with van der Waals surface area (Å²) in [6.45, 7) is 4.16. The Kier molecular flexibility index (Phi) is 5.80. The minimum absolute atomic E-state index is 0.727. The summed E-state index contributed by atoms with van der Waals surface area (Å²) in [4.78, 5) is 9.44. The molecule has 0 saturated carbocycles. The summed E-state index contributed by atoms with van der Waals surface area (Å²) in [6, 6.07) is 41.3. The number of fused-ring (bicyclic) bond motifs is 6. The van der Waals surface area contributed by atoms with Crippen LogP contribution in [0.15, 0.2) is 134 Å². The van der Waals surface area contributed by atoms with E-state index < -0.39 is 0 Å². The van der Waals surface area contributed by atoms with Crippen LogP contribution < -0.4 is 4.74 Å². The minimum Gasteiger partial charge on any atom is -0.457 e. The second-order valence-corrected chi connectivity index (χ2v) is 11.5. The molecule has 46 heavy (non-hydrogen) atoms. The van der Waals surface area contributed by atoms with Crippen molar-refractivity contribution in [2.24, 2.45) is 0 Å². The fourth-order valence-corrected chi connectivity index (χ4v) is 6.79. The molecule has 0 saturated heterocycles. The average Bonchev–Trinajstić information content (AvgIpc) is 3.71. The van der Waals surface area contributed by atoms with Crippen molar-refractivity contribution < 1.29 is 4.74 Å². The number of benzene rings is 4. The Morgan fingerprint density at radius 2 is 1.24 bits per heavy atom. The van der Waals surface area contributed by atoms with E-state index in [-0.39, 0.29) is 0 Å². The van der Waals surface area contributed by atoms with E-state index >= 15 is 0 Å². The molecule has 0 N–H and O–H groups in total. The molecular weight excluding hydrogens is 568 g/mol. The molecule has 9 rings (SSSR count). The van der Waals surface area contributed by atoms with Gasteiger partial charge in [0.2, 0.25) is 0 Å². The predicted molar refractivity (Wildman–Crippen MR) is 184 cm³/mol. The van der Waals surface area contributed by atoms with Gasteiger partial charge >= 0.3 is 0 Å². The monoisotopic (exact) mass is 596 g/mol. The summed E-state index contributed by atoms with van der Waals surface area (Å²) in [5.41, 5.74) is 8.06. The molecule has 5 aromatic heterocycles. The number of ether oxygens (including phenoxy) is 1. The third-order valence-electron chi connectivity index (χ3n) is 8.73. The number of aromatic nitrogens is 6. The van der Waals surface area contributed by atoms with Gasteiger partial charge in [-0.1, -0.05) is 48.5 Å². The topological polar surface area (TPSA) is 62.7 Å². The number of hydrogen-bond acceptors (Lipinski definition) is 4. The van der Waals surface area contributed by atoms with E-state index in [2.05, 4.69) is 101 Å². The van der Waals surface area contributed by atoms with Gasteiger partial charge in [-0.15, -0.1) is 0 Å². The third kappa shape index (κ3) is 3.95. The van der Waals surface area contributed by atoms with Crippen LogP contribution in [-0.4, -0.2) is 28.9 Å². The second-order valence-electron chi connectivity index (χ2n) is 11.5. The van der Waals surface area contributed by atoms with Crippen molar-refractivity contribution in [3.63, 3.8) is 0 Å². The summed E-state index contributed by atoms with van der Waals surface area (Å²) < 4.78 is 12.9. The van der Waals surface area contributed by atoms with Crippen molar-refractivity contribution in [2.75, 3.05) is 0 Å². The molecule has 9 aromatic rings. The van der Waals surface area contributed by atoms with Gasteiger partial charge in [-0.2, -0.15) is 5.10 Å². The lowest BCUT2D eigenvalue weighted by molar-refractivity contribution is 0.482. The molecule has 0 bridgehead atoms. The molecule has 0 aliphatic carbocycles. The third-order valence-corrected chi connectivity index (χ3v) is 8.73. The molecule has 4 aromatic carbocycles. The van der Waals surface area contributed by atoms with Gasteiger partial charge in [0, 0.05) is 46.1 Å². The lowest BCUT2D eigenvalue weighted by atomic mass is 10.1. The largest absolute Gasteiger partial charge is 0.457 e. The molecule has 0 aliphatic rings. The van der Waals surface area contributed by atoms with E-state index in [1.165, 1.54) is 10.8 Å². The molecular formula is C39H28N6O. The van der Waals surface area contributed by atoms with Crippen LogP contribution >= 0.6 is 0 Å². The minimum atomic E-state index is 0.727. The Balaban J connectivity index is 1.13. The highest BCUT2D eigenvalue weighted by atomic mass is 16.5. The van der Waals surface area contributed by atoms with Gasteiger partial charge in [-0.25, -0.2) is 14.6 Å². The molecule has 0 unspecified atom stereocenters. The molecule has 220 valence electrons. The maximum atomic E-state index is 6.51. The maximum Gasteiger partial charge on any atom is 0.145 e. The van der Waals surface area contributed by atoms with Crippen molar-refractivity contribution in [3.8, 4) is 28.7 Å². The highest BCUT2D eigenvalue weighted by Crippen LogP contribution is 2.36. The van der Waals surface area contributed by atoms with E-state index in [9.17, 15) is 0 Å². The fraction of sp³-hybridized carbons (Fsp3) is 0.0513. The molecule has 0 fully saturated rings. The van der Waals surface area contributed by atoms with E-state index in [0.717, 1.165) is 73.0 Å². The predicted octanol–water partition coefficient (Wildman–Crippen LogP) is 9.27. The smallest absolute Gasteiger partial charge is 0.145 e. The van der Waals surface area contributed by atoms with Gasteiger partial charge in [0.25, 0.3) is 0 Å². The summed E-state index contributed by atoms with van der Waals surface area (Å²) in [5.74, 6) is 2.34. The standard InChI is InChI=1S/C39H28N6O/c1-25-38(44-35-17-6-4-14-31(35)33-15-10-22-41-39(33)44)26(2)45(42-25)27-11-9-12-28(23-27)46-29-19-20-32-30-13-3-5-16-34(30)43(36(32)24-29)37-18-7-8-21-40-37/h3-24H,1-2H3. The number of nitrogens with zero attached hydrogens (tertiary/aromatic N) is 6. The zero-order valence-electron chi connectivity index (χ0n) is 25.3. The zero-order valence-corrected chi connectivity index (χ0v) is 25.3. The normalized spacial score (nSPS) is 11.7. The number of hydrogen-bond donors (Lipinski definition) is 0. The van der Waals surface area contributed by atoms with Crippen LogP contribution in [0, 0.1) is 13.8 Å². The Morgan fingerprint density at radius 3 is 2.07 bits per heavy atom. The number of para-hydroxylation sites is 2. The van der Waals surface area contributed by atoms with E-state index in [1.807, 2.05) is 65.6 Å². The zero-order chi connectivity index (χ0) is 30.8. The van der Waals surface area contributed by atoms with Crippen LogP contribution in [-0.2, 0) is 0 Å². The Labute approximate surface area is 264 Å². The highest BCUT2D eigenvalue weighted by molar-refractivity contribution is 6.10. The fourth-order valence-electron chi connectivity index (χ4n) is 6.79. The van der Waals surface area contributed by atoms with Crippen LogP contribution in [0.1, 0.15) is 11.4 Å². The van der Waals surface area contributed by atoms with Crippen LogP contribution in [0.4, 0.5) is 0 Å². The van der Waals surface area contributed by atoms with E-state index in [1.54, 1.807) is 0 Å². The first-order valence-electron chi connectivity index (χ1n) is 15.3. The molecule has 0 aliphatic heterocycles. The molecule has 0 radical (unpaired) electrons. The number of rotatable bonds is 5. The average molecular weight is 597 g/mol. The summed E-state index contributed by atoms with van der Waals surface area (Å²) in [6.07, 6.45) is 3.67. The van der Waals surface area contributed by atoms with Crippen LogP contribution in [0.5, 0.6) is 11.5 Å². The van der Waals surface area contributed by atoms with Gasteiger partial charge in [0.1, 0.15) is 23.0 Å². The van der Waals surface area contributed by atoms with Crippen LogP contribution in [0.25, 0.3) is 60.9 Å². The molecule has 7 heteroatoms. The first kappa shape index (κ1) is 26.2. The van der Waals surface area contributed by atoms with Gasteiger partial charge in [-0.3, -0.25) is 9.13 Å². The Hall–Kier alpha value is -6.21. The van der Waals surface area contributed by atoms with E-state index in [4.69, 9.17) is 14.8 Å². The van der Waals surface area contributed by atoms with Crippen LogP contribution in [0.2, 0.25) is 0 Å². The lowest BCUT2D eigenvalue weighted by Crippen LogP contribution is -2.02. The number of pyridine rings is 2. The van der Waals surface area contributed by atoms with Crippen molar-refractivity contribution in [2.45, 2.75) is 13.8 Å². The summed E-state index contributed by atoms with van der Waals surface area (Å²) >= 11 is 0. The Morgan fingerprint density at radius 1 is 0.543 bits per heavy atom. The lowest BCUT2D eigenvalue weighted by Gasteiger charge is -2.11. The SMILES string of the molecule is Cc1nn(-c2cccc(Oc3ccc4c5ccccc5n(-c5ccccn5)c4c3)c2)c(C)c1-n1c2ccccc2c2cccnc21. The van der Waals surface area contributed by atoms with Gasteiger partial charge in [0.15, 0.2) is 0 Å². The molecule has 7 nitrogen and oxygen atoms in total. The molecule has 0 amide bonds. The number of aryl methyl sites for hydroxylation is 1. The molecule has 0 atom stereocenters. The van der Waals surface area contributed by atoms with Gasteiger partial charge in [0.05, 0.1) is 39.3 Å². The van der Waals surface area contributed by atoms with Crippen molar-refractivity contribution in [1.29, 1.82) is 0 Å².